The molecule has 6 N–H and O–H groups in total. The van der Waals surface area contributed by atoms with Crippen molar-refractivity contribution in [1.29, 1.82) is 0 Å². The Hall–Kier alpha value is -4.07. The molecular formula is C29H25N5O16S5. The molecule has 0 aliphatic carbocycles. The average Bonchev–Trinajstić information content (AvgIpc) is 3.17. The summed E-state index contributed by atoms with van der Waals surface area (Å²) in [5.74, 6) is -0.902. The summed E-state index contributed by atoms with van der Waals surface area (Å²) in [6.07, 6.45) is 0. The normalized spacial score (nSPS) is 12.5. The van der Waals surface area contributed by atoms with Crippen molar-refractivity contribution in [3.05, 3.63) is 72.8 Å². The molecule has 0 aliphatic heterocycles. The molecule has 0 unspecified atom stereocenters. The lowest BCUT2D eigenvalue weighted by atomic mass is 10.1. The van der Waals surface area contributed by atoms with Gasteiger partial charge in [-0.25, -0.2) is 24.2 Å². The highest BCUT2D eigenvalue weighted by Gasteiger charge is 2.23. The Morgan fingerprint density at radius 3 is 2.05 bits per heavy atom. The van der Waals surface area contributed by atoms with E-state index in [1.807, 2.05) is 0 Å². The Bertz CT molecular complexity index is 2440. The van der Waals surface area contributed by atoms with E-state index in [9.17, 15) is 26.5 Å². The van der Waals surface area contributed by atoms with Crippen LogP contribution in [0, 0.1) is 0 Å². The zero-order valence-corrected chi connectivity index (χ0v) is 31.5. The number of hydrogen-bond donors (Lipinski definition) is 6. The Morgan fingerprint density at radius 1 is 0.709 bits per heavy atom. The molecule has 5 rings (SSSR count). The molecule has 0 heterocycles. The van der Waals surface area contributed by atoms with Crippen LogP contribution in [0.3, 0.4) is 0 Å². The molecular weight excluding hydrogens is 835 g/mol. The number of azo groups is 2. The minimum Gasteiger partial charge on any atom is -0.505 e. The minimum absolute atomic E-state index is 0.0104. The number of aromatic hydroxyl groups is 1. The van der Waals surface area contributed by atoms with Crippen LogP contribution in [-0.2, 0) is 52.3 Å². The lowest BCUT2D eigenvalue weighted by Crippen LogP contribution is -2.10. The number of hydrogen-bond acceptors (Lipinski definition) is 23. The third-order valence-electron chi connectivity index (χ3n) is 7.25. The van der Waals surface area contributed by atoms with Crippen LogP contribution < -0.4 is 5.32 Å². The molecule has 0 radical (unpaired) electrons. The van der Waals surface area contributed by atoms with Crippen molar-refractivity contribution in [3.8, 4) is 5.75 Å². The molecule has 0 saturated carbocycles. The summed E-state index contributed by atoms with van der Waals surface area (Å²) >= 11 is 1.21. The van der Waals surface area contributed by atoms with E-state index in [0.29, 0.717) is 34.7 Å². The van der Waals surface area contributed by atoms with Gasteiger partial charge < -0.3 is 10.4 Å². The highest BCUT2D eigenvalue weighted by molar-refractivity contribution is 7.95. The highest BCUT2D eigenvalue weighted by atomic mass is 32.2. The fourth-order valence-electron chi connectivity index (χ4n) is 4.95. The molecule has 5 aromatic carbocycles. The predicted molar refractivity (Wildman–Crippen MR) is 195 cm³/mol. The predicted octanol–water partition coefficient (Wildman–Crippen LogP) is 8.45. The largest absolute Gasteiger partial charge is 0.505 e. The van der Waals surface area contributed by atoms with Gasteiger partial charge in [0.15, 0.2) is 27.9 Å². The van der Waals surface area contributed by atoms with Crippen molar-refractivity contribution in [2.24, 2.45) is 20.5 Å². The Morgan fingerprint density at radius 2 is 1.38 bits per heavy atom. The van der Waals surface area contributed by atoms with Crippen LogP contribution >= 0.6 is 36.4 Å². The fourth-order valence-corrected chi connectivity index (χ4v) is 8.18. The second kappa shape index (κ2) is 19.2. The molecule has 0 spiro atoms. The monoisotopic (exact) mass is 859 g/mol. The molecule has 0 bridgehead atoms. The first-order valence-corrected chi connectivity index (χ1v) is 19.9. The van der Waals surface area contributed by atoms with E-state index >= 15 is 0 Å². The summed E-state index contributed by atoms with van der Waals surface area (Å²) < 4.78 is 78.6. The third-order valence-corrected chi connectivity index (χ3v) is 11.6. The third kappa shape index (κ3) is 10.2. The molecule has 0 atom stereocenters. The number of sulfone groups is 1. The van der Waals surface area contributed by atoms with Gasteiger partial charge in [-0.15, -0.1) is 28.3 Å². The van der Waals surface area contributed by atoms with E-state index in [0.717, 1.165) is 0 Å². The maximum absolute atomic E-state index is 12.6. The second-order valence-corrected chi connectivity index (χ2v) is 15.8. The van der Waals surface area contributed by atoms with Crippen LogP contribution in [0.25, 0.3) is 21.5 Å². The van der Waals surface area contributed by atoms with Crippen LogP contribution in [0.5, 0.6) is 5.75 Å². The summed E-state index contributed by atoms with van der Waals surface area (Å²) in [7, 11) is -7.10. The lowest BCUT2D eigenvalue weighted by Gasteiger charge is -2.13. The molecule has 5 aromatic rings. The first kappa shape index (κ1) is 42.1. The van der Waals surface area contributed by atoms with Crippen molar-refractivity contribution < 1.29 is 74.6 Å². The van der Waals surface area contributed by atoms with Crippen molar-refractivity contribution in [1.82, 2.24) is 0 Å². The summed E-state index contributed by atoms with van der Waals surface area (Å²) in [4.78, 5) is -0.372. The molecule has 55 heavy (non-hydrogen) atoms. The molecule has 21 nitrogen and oxygen atoms in total. The molecule has 26 heteroatoms. The average molecular weight is 860 g/mol. The van der Waals surface area contributed by atoms with E-state index in [1.54, 1.807) is 13.1 Å². The Balaban J connectivity index is 1.54. The van der Waals surface area contributed by atoms with Gasteiger partial charge in [0.25, 0.3) is 10.1 Å². The van der Waals surface area contributed by atoms with Gasteiger partial charge in [0, 0.05) is 28.1 Å². The standard InChI is InChI=1S/C29H25N5O16S5/c1-30-22-11-10-19-21(26(22)33-31-16-5-7-17(8-6-16)54(39,40)14-13-44-53-50-47-38)15-25(52-49-46-37)27(28(19)35)34-32-23-12-9-18-20(29(23)55(41,42)43)3-2-4-24(18)51-48-45-36/h2-12,15,30,35-38H,13-14H2,1H3,(H,41,42,43). The number of nitrogens with zero attached hydrogens (tertiary/aromatic N) is 4. The number of benzene rings is 5. The number of fused-ring (bicyclic) bond motifs is 2. The van der Waals surface area contributed by atoms with Crippen molar-refractivity contribution >= 4 is 106 Å². The van der Waals surface area contributed by atoms with E-state index in [-0.39, 0.29) is 73.0 Å². The van der Waals surface area contributed by atoms with Crippen molar-refractivity contribution in [2.75, 3.05) is 24.7 Å². The Labute approximate surface area is 322 Å². The molecule has 292 valence electrons. The molecule has 0 saturated heterocycles. The SMILES string of the molecule is CNc1ccc2c(O)c(N=Nc3ccc4c(SOOO)cccc4c3S(=O)(=O)O)c(SOOO)cc2c1N=Nc1ccc(S(=O)(=O)CCOSOOO)cc1. The maximum Gasteiger partial charge on any atom is 0.297 e. The summed E-state index contributed by atoms with van der Waals surface area (Å²) in [6.45, 7) is -0.272. The number of rotatable bonds is 19. The number of phenolic OH excluding ortho intramolecular Hbond substituents is 1. The van der Waals surface area contributed by atoms with E-state index in [1.165, 1.54) is 66.7 Å². The molecule has 0 amide bonds. The number of nitrogens with one attached hydrogen (secondary N) is 1. The first-order valence-electron chi connectivity index (χ1n) is 14.7. The number of anilines is 1. The summed E-state index contributed by atoms with van der Waals surface area (Å²) in [5.41, 5.74) is 0.280. The van der Waals surface area contributed by atoms with Crippen molar-refractivity contribution in [2.45, 2.75) is 19.6 Å². The molecule has 0 aromatic heterocycles. The van der Waals surface area contributed by atoms with Crippen LogP contribution in [0.15, 0.2) is 113 Å². The first-order chi connectivity index (χ1) is 26.4. The van der Waals surface area contributed by atoms with Crippen molar-refractivity contribution in [3.63, 3.8) is 0 Å². The molecule has 0 fully saturated rings. The summed E-state index contributed by atoms with van der Waals surface area (Å²) in [6, 6.07) is 17.1. The lowest BCUT2D eigenvalue weighted by molar-refractivity contribution is -0.434. The van der Waals surface area contributed by atoms with Gasteiger partial charge in [-0.2, -0.15) is 13.5 Å². The van der Waals surface area contributed by atoms with Crippen LogP contribution in [0.1, 0.15) is 0 Å². The van der Waals surface area contributed by atoms with Gasteiger partial charge in [0.1, 0.15) is 22.0 Å². The topological polar surface area (TPSA) is 296 Å². The summed E-state index contributed by atoms with van der Waals surface area (Å²) in [5, 5.41) is 68.1. The zero-order chi connectivity index (χ0) is 39.6. The highest BCUT2D eigenvalue weighted by Crippen LogP contribution is 2.48. The second-order valence-electron chi connectivity index (χ2n) is 10.3. The van der Waals surface area contributed by atoms with Gasteiger partial charge in [-0.1, -0.05) is 33.3 Å². The maximum atomic E-state index is 12.6. The van der Waals surface area contributed by atoms with Crippen LogP contribution in [-0.4, -0.2) is 61.7 Å². The van der Waals surface area contributed by atoms with E-state index < -0.39 is 36.4 Å². The zero-order valence-electron chi connectivity index (χ0n) is 27.4. The van der Waals surface area contributed by atoms with Gasteiger partial charge in [0.2, 0.25) is 0 Å². The number of phenols is 1. The quantitative estimate of drug-likeness (QED) is 0.0113. The van der Waals surface area contributed by atoms with E-state index in [4.69, 9.17) is 20.0 Å². The Kier molecular flexibility index (Phi) is 14.7. The van der Waals surface area contributed by atoms with Crippen LogP contribution in [0.2, 0.25) is 0 Å². The minimum atomic E-state index is -4.94. The van der Waals surface area contributed by atoms with Crippen LogP contribution in [0.4, 0.5) is 28.4 Å². The van der Waals surface area contributed by atoms with Gasteiger partial charge in [-0.05, 0) is 60.0 Å². The van der Waals surface area contributed by atoms with Gasteiger partial charge >= 0.3 is 0 Å². The fraction of sp³-hybridized carbons (Fsp3) is 0.103. The molecule has 0 aliphatic rings. The van der Waals surface area contributed by atoms with E-state index in [2.05, 4.69) is 53.9 Å². The smallest absolute Gasteiger partial charge is 0.297 e. The van der Waals surface area contributed by atoms with Gasteiger partial charge in [-0.3, -0.25) is 8.74 Å². The van der Waals surface area contributed by atoms with Gasteiger partial charge in [0.05, 0.1) is 57.6 Å².